The fourth-order valence-electron chi connectivity index (χ4n) is 4.59. The summed E-state index contributed by atoms with van der Waals surface area (Å²) < 4.78 is 21.1. The van der Waals surface area contributed by atoms with E-state index >= 15 is 0 Å². The van der Waals surface area contributed by atoms with Gasteiger partial charge in [0.1, 0.15) is 11.6 Å². The van der Waals surface area contributed by atoms with Crippen molar-refractivity contribution >= 4 is 22.4 Å². The minimum absolute atomic E-state index is 0.260. The van der Waals surface area contributed by atoms with Crippen LogP contribution in [0.2, 0.25) is 0 Å². The van der Waals surface area contributed by atoms with Gasteiger partial charge in [-0.1, -0.05) is 6.08 Å². The highest BCUT2D eigenvalue weighted by Crippen LogP contribution is 2.51. The predicted molar refractivity (Wildman–Crippen MR) is 122 cm³/mol. The third-order valence-corrected chi connectivity index (χ3v) is 6.64. The number of fused-ring (bicyclic) bond motifs is 2. The molecule has 0 amide bonds. The summed E-state index contributed by atoms with van der Waals surface area (Å²) in [6.45, 7) is 5.02. The van der Waals surface area contributed by atoms with Crippen molar-refractivity contribution in [2.45, 2.75) is 39.5 Å². The average molecular weight is 419 g/mol. The maximum absolute atomic E-state index is 13.7. The Balaban J connectivity index is 1.49. The highest BCUT2D eigenvalue weighted by atomic mass is 19.1. The summed E-state index contributed by atoms with van der Waals surface area (Å²) in [6.07, 6.45) is 10.4. The zero-order valence-corrected chi connectivity index (χ0v) is 18.2. The largest absolute Gasteiger partial charge is 0.384 e. The number of nitrogens with zero attached hydrogens (tertiary/aromatic N) is 3. The number of hydrogen-bond donors (Lipinski definition) is 1. The van der Waals surface area contributed by atoms with Crippen LogP contribution in [0.4, 0.5) is 10.2 Å². The summed E-state index contributed by atoms with van der Waals surface area (Å²) in [5, 5.41) is 9.08. The number of rotatable bonds is 6. The van der Waals surface area contributed by atoms with Gasteiger partial charge in [0.05, 0.1) is 24.0 Å². The first kappa shape index (κ1) is 19.9. The molecule has 2 aromatic heterocycles. The van der Waals surface area contributed by atoms with Crippen LogP contribution in [0.3, 0.4) is 0 Å². The van der Waals surface area contributed by atoms with E-state index in [0.29, 0.717) is 5.41 Å². The fourth-order valence-corrected chi connectivity index (χ4v) is 4.59. The number of anilines is 1. The van der Waals surface area contributed by atoms with Gasteiger partial charge in [-0.2, -0.15) is 5.10 Å². The predicted octanol–water partition coefficient (Wildman–Crippen LogP) is 6.00. The Hall–Kier alpha value is -2.99. The molecule has 3 aromatic rings. The fraction of sp³-hybridized carbons (Fsp3) is 0.360. The molecule has 0 radical (unpaired) electrons. The molecular formula is C25H27FN4O. The molecule has 0 saturated heterocycles. The van der Waals surface area contributed by atoms with Crippen LogP contribution in [0, 0.1) is 11.2 Å². The normalized spacial score (nSPS) is 18.4. The van der Waals surface area contributed by atoms with Crippen LogP contribution in [-0.4, -0.2) is 28.5 Å². The molecule has 5 rings (SSSR count). The number of benzene rings is 1. The molecule has 0 bridgehead atoms. The number of allylic oxidation sites excluding steroid dienone is 4. The van der Waals surface area contributed by atoms with Crippen molar-refractivity contribution < 1.29 is 9.13 Å². The van der Waals surface area contributed by atoms with E-state index in [4.69, 9.17) is 4.74 Å². The minimum atomic E-state index is -0.260. The van der Waals surface area contributed by atoms with Crippen LogP contribution in [0.1, 0.15) is 39.5 Å². The molecule has 0 atom stereocenters. The van der Waals surface area contributed by atoms with Crippen molar-refractivity contribution in [3.8, 4) is 11.1 Å². The van der Waals surface area contributed by atoms with Crippen molar-refractivity contribution in [2.75, 3.05) is 19.0 Å². The van der Waals surface area contributed by atoms with E-state index in [9.17, 15) is 4.39 Å². The van der Waals surface area contributed by atoms with Crippen molar-refractivity contribution in [3.05, 3.63) is 59.8 Å². The van der Waals surface area contributed by atoms with Gasteiger partial charge in [0.15, 0.2) is 0 Å². The zero-order valence-electron chi connectivity index (χ0n) is 18.2. The van der Waals surface area contributed by atoms with Crippen LogP contribution in [-0.2, 0) is 4.74 Å². The Labute approximate surface area is 181 Å². The lowest BCUT2D eigenvalue weighted by Gasteiger charge is -2.26. The summed E-state index contributed by atoms with van der Waals surface area (Å²) in [5.74, 6) is 0.673. The SMILES string of the molecule is CC=C1C(C)=C(CCC2(COC)CC2)Nc2c(-c3cnc4ccc(F)cc4c3)cnn21. The van der Waals surface area contributed by atoms with Gasteiger partial charge >= 0.3 is 0 Å². The molecule has 160 valence electrons. The lowest BCUT2D eigenvalue weighted by atomic mass is 9.96. The van der Waals surface area contributed by atoms with Gasteiger partial charge in [-0.05, 0) is 74.8 Å². The molecule has 1 N–H and O–H groups in total. The molecule has 1 aromatic carbocycles. The molecule has 3 heterocycles. The number of methoxy groups -OCH3 is 1. The molecule has 1 aliphatic heterocycles. The Morgan fingerprint density at radius 3 is 2.84 bits per heavy atom. The Kier molecular flexibility index (Phi) is 4.89. The standard InChI is InChI=1S/C25H27FN4O/c1-4-23-16(2)21(7-8-25(9-10-25)15-31-3)29-24-20(14-28-30(23)24)18-11-17-12-19(26)5-6-22(17)27-13-18/h4-6,11-14,29H,7-10,15H2,1-3H3. The summed E-state index contributed by atoms with van der Waals surface area (Å²) in [4.78, 5) is 4.53. The van der Waals surface area contributed by atoms with Gasteiger partial charge in [0.2, 0.25) is 0 Å². The van der Waals surface area contributed by atoms with E-state index < -0.39 is 0 Å². The molecule has 0 spiro atoms. The van der Waals surface area contributed by atoms with Crippen LogP contribution in [0.5, 0.6) is 0 Å². The molecular weight excluding hydrogens is 391 g/mol. The molecule has 1 fully saturated rings. The Morgan fingerprint density at radius 2 is 2.10 bits per heavy atom. The number of aromatic nitrogens is 3. The second kappa shape index (κ2) is 7.61. The topological polar surface area (TPSA) is 52.0 Å². The van der Waals surface area contributed by atoms with E-state index in [1.807, 2.05) is 30.1 Å². The molecule has 0 unspecified atom stereocenters. The van der Waals surface area contributed by atoms with E-state index in [2.05, 4.69) is 28.4 Å². The molecule has 1 aliphatic carbocycles. The second-order valence-electron chi connectivity index (χ2n) is 8.72. The van der Waals surface area contributed by atoms with E-state index in [0.717, 1.165) is 53.0 Å². The van der Waals surface area contributed by atoms with E-state index in [1.54, 1.807) is 13.2 Å². The van der Waals surface area contributed by atoms with Crippen LogP contribution in [0.15, 0.2) is 54.0 Å². The first-order valence-corrected chi connectivity index (χ1v) is 10.8. The molecule has 2 aliphatic rings. The minimum Gasteiger partial charge on any atom is -0.384 e. The van der Waals surface area contributed by atoms with Crippen molar-refractivity contribution in [3.63, 3.8) is 0 Å². The number of hydrogen-bond acceptors (Lipinski definition) is 4. The van der Waals surface area contributed by atoms with Gasteiger partial charge < -0.3 is 10.1 Å². The Bertz CT molecular complexity index is 1220. The summed E-state index contributed by atoms with van der Waals surface area (Å²) in [5.41, 5.74) is 6.53. The highest BCUT2D eigenvalue weighted by molar-refractivity contribution is 5.88. The Morgan fingerprint density at radius 1 is 1.26 bits per heavy atom. The van der Waals surface area contributed by atoms with Crippen LogP contribution >= 0.6 is 0 Å². The zero-order chi connectivity index (χ0) is 21.6. The van der Waals surface area contributed by atoms with Gasteiger partial charge in [0.25, 0.3) is 0 Å². The van der Waals surface area contributed by atoms with Gasteiger partial charge in [-0.15, -0.1) is 0 Å². The van der Waals surface area contributed by atoms with Gasteiger partial charge in [-0.3, -0.25) is 4.98 Å². The smallest absolute Gasteiger partial charge is 0.141 e. The third-order valence-electron chi connectivity index (χ3n) is 6.64. The maximum atomic E-state index is 13.7. The first-order valence-electron chi connectivity index (χ1n) is 10.8. The summed E-state index contributed by atoms with van der Waals surface area (Å²) >= 11 is 0. The summed E-state index contributed by atoms with van der Waals surface area (Å²) in [6, 6.07) is 6.64. The number of halogens is 1. The number of nitrogens with one attached hydrogen (secondary N) is 1. The third kappa shape index (κ3) is 3.55. The molecule has 31 heavy (non-hydrogen) atoms. The first-order chi connectivity index (χ1) is 15.0. The summed E-state index contributed by atoms with van der Waals surface area (Å²) in [7, 11) is 1.79. The molecule has 5 nitrogen and oxygen atoms in total. The van der Waals surface area contributed by atoms with Gasteiger partial charge in [-0.25, -0.2) is 9.07 Å². The van der Waals surface area contributed by atoms with Crippen LogP contribution in [0.25, 0.3) is 27.7 Å². The van der Waals surface area contributed by atoms with E-state index in [1.165, 1.54) is 36.2 Å². The van der Waals surface area contributed by atoms with Crippen molar-refractivity contribution in [1.29, 1.82) is 0 Å². The lowest BCUT2D eigenvalue weighted by Crippen LogP contribution is -2.19. The average Bonchev–Trinajstić information content (AvgIpc) is 3.41. The molecule has 6 heteroatoms. The van der Waals surface area contributed by atoms with Crippen LogP contribution < -0.4 is 5.32 Å². The molecule has 1 saturated carbocycles. The van der Waals surface area contributed by atoms with E-state index in [-0.39, 0.29) is 5.82 Å². The number of pyridine rings is 1. The maximum Gasteiger partial charge on any atom is 0.141 e. The highest BCUT2D eigenvalue weighted by Gasteiger charge is 2.42. The quantitative estimate of drug-likeness (QED) is 0.533. The number of ether oxygens (including phenoxy) is 1. The second-order valence-corrected chi connectivity index (χ2v) is 8.72. The van der Waals surface area contributed by atoms with Crippen molar-refractivity contribution in [2.24, 2.45) is 5.41 Å². The van der Waals surface area contributed by atoms with Gasteiger partial charge in [0, 0.05) is 35.5 Å². The van der Waals surface area contributed by atoms with Crippen molar-refractivity contribution in [1.82, 2.24) is 14.8 Å². The monoisotopic (exact) mass is 418 g/mol. The lowest BCUT2D eigenvalue weighted by molar-refractivity contribution is 0.136.